The second-order valence-electron chi connectivity index (χ2n) is 3.48. The predicted molar refractivity (Wildman–Crippen MR) is 64.5 cm³/mol. The van der Waals surface area contributed by atoms with Crippen molar-refractivity contribution >= 4 is 6.08 Å². The van der Waals surface area contributed by atoms with Crippen molar-refractivity contribution in [3.63, 3.8) is 0 Å². The van der Waals surface area contributed by atoms with Crippen LogP contribution in [0.1, 0.15) is 11.3 Å². The molecule has 0 atom stereocenters. The van der Waals surface area contributed by atoms with E-state index in [1.165, 1.54) is 5.56 Å². The number of aromatic nitrogens is 1. The fourth-order valence-corrected chi connectivity index (χ4v) is 1.36. The molecule has 2 heteroatoms. The van der Waals surface area contributed by atoms with Crippen LogP contribution in [0, 0.1) is 19.3 Å². The highest BCUT2D eigenvalue weighted by molar-refractivity contribution is 5.62. The topological polar surface area (TPSA) is 26.0 Å². The Hall–Kier alpha value is -2.27. The Morgan fingerprint density at radius 3 is 2.75 bits per heavy atom. The quantitative estimate of drug-likeness (QED) is 0.709. The van der Waals surface area contributed by atoms with E-state index < -0.39 is 0 Å². The summed E-state index contributed by atoms with van der Waals surface area (Å²) in [7, 11) is 0. The van der Waals surface area contributed by atoms with Crippen LogP contribution in [0.2, 0.25) is 0 Å². The van der Waals surface area contributed by atoms with Crippen molar-refractivity contribution in [3.05, 3.63) is 47.7 Å². The zero-order chi connectivity index (χ0) is 11.4. The molecule has 0 saturated carbocycles. The van der Waals surface area contributed by atoms with Gasteiger partial charge in [0.05, 0.1) is 0 Å². The first-order chi connectivity index (χ1) is 7.79. The molecule has 0 saturated heterocycles. The first-order valence-electron chi connectivity index (χ1n) is 4.96. The molecular formula is C14H11NO. The van der Waals surface area contributed by atoms with Crippen molar-refractivity contribution in [3.8, 4) is 23.6 Å². The van der Waals surface area contributed by atoms with E-state index in [0.717, 1.165) is 11.3 Å². The SMILES string of the molecule is C#C/C=C/c1cc(-c2ccc(C)cc2)no1. The third-order valence-electron chi connectivity index (χ3n) is 2.22. The van der Waals surface area contributed by atoms with Gasteiger partial charge in [0.2, 0.25) is 0 Å². The first-order valence-corrected chi connectivity index (χ1v) is 4.96. The fraction of sp³-hybridized carbons (Fsp3) is 0.0714. The lowest BCUT2D eigenvalue weighted by Gasteiger charge is -1.95. The van der Waals surface area contributed by atoms with Crippen LogP contribution >= 0.6 is 0 Å². The molecule has 0 spiro atoms. The summed E-state index contributed by atoms with van der Waals surface area (Å²) in [6.07, 6.45) is 8.41. The van der Waals surface area contributed by atoms with Gasteiger partial charge in [-0.1, -0.05) is 40.9 Å². The number of allylic oxidation sites excluding steroid dienone is 1. The minimum atomic E-state index is 0.661. The van der Waals surface area contributed by atoms with Gasteiger partial charge in [0.25, 0.3) is 0 Å². The molecule has 0 amide bonds. The highest BCUT2D eigenvalue weighted by Crippen LogP contribution is 2.19. The minimum Gasteiger partial charge on any atom is -0.356 e. The molecule has 0 N–H and O–H groups in total. The molecular weight excluding hydrogens is 198 g/mol. The maximum Gasteiger partial charge on any atom is 0.160 e. The number of hydrogen-bond acceptors (Lipinski definition) is 2. The lowest BCUT2D eigenvalue weighted by molar-refractivity contribution is 0.415. The second kappa shape index (κ2) is 4.50. The van der Waals surface area contributed by atoms with Gasteiger partial charge in [0.15, 0.2) is 5.76 Å². The van der Waals surface area contributed by atoms with E-state index >= 15 is 0 Å². The van der Waals surface area contributed by atoms with Gasteiger partial charge in [-0.25, -0.2) is 0 Å². The number of nitrogens with zero attached hydrogens (tertiary/aromatic N) is 1. The fourth-order valence-electron chi connectivity index (χ4n) is 1.36. The summed E-state index contributed by atoms with van der Waals surface area (Å²) in [5, 5.41) is 3.97. The molecule has 1 aromatic heterocycles. The van der Waals surface area contributed by atoms with E-state index in [9.17, 15) is 0 Å². The molecule has 1 aromatic carbocycles. The summed E-state index contributed by atoms with van der Waals surface area (Å²) in [6.45, 7) is 2.05. The Kier molecular flexibility index (Phi) is 2.88. The summed E-state index contributed by atoms with van der Waals surface area (Å²) in [5.74, 6) is 3.07. The van der Waals surface area contributed by atoms with Gasteiger partial charge >= 0.3 is 0 Å². The van der Waals surface area contributed by atoms with E-state index in [4.69, 9.17) is 10.9 Å². The van der Waals surface area contributed by atoms with Crippen molar-refractivity contribution in [2.45, 2.75) is 6.92 Å². The summed E-state index contributed by atoms with van der Waals surface area (Å²) in [4.78, 5) is 0. The number of aryl methyl sites for hydroxylation is 1. The third-order valence-corrected chi connectivity index (χ3v) is 2.22. The summed E-state index contributed by atoms with van der Waals surface area (Å²) < 4.78 is 5.12. The molecule has 0 aliphatic heterocycles. The highest BCUT2D eigenvalue weighted by atomic mass is 16.5. The molecule has 2 rings (SSSR count). The molecule has 16 heavy (non-hydrogen) atoms. The Balaban J connectivity index is 2.28. The molecule has 0 aliphatic carbocycles. The maximum absolute atomic E-state index is 5.12. The zero-order valence-corrected chi connectivity index (χ0v) is 8.97. The maximum atomic E-state index is 5.12. The van der Waals surface area contributed by atoms with E-state index in [2.05, 4.69) is 11.1 Å². The molecule has 1 heterocycles. The van der Waals surface area contributed by atoms with Crippen LogP contribution in [0.4, 0.5) is 0 Å². The van der Waals surface area contributed by atoms with E-state index in [1.54, 1.807) is 12.2 Å². The second-order valence-corrected chi connectivity index (χ2v) is 3.48. The standard InChI is InChI=1S/C14H11NO/c1-3-4-5-13-10-14(15-16-13)12-8-6-11(2)7-9-12/h1,4-10H,2H3/b5-4+. The molecule has 0 fully saturated rings. The van der Waals surface area contributed by atoms with Gasteiger partial charge in [-0.3, -0.25) is 0 Å². The Morgan fingerprint density at radius 2 is 2.06 bits per heavy atom. The van der Waals surface area contributed by atoms with Gasteiger partial charge in [0.1, 0.15) is 5.69 Å². The van der Waals surface area contributed by atoms with Crippen molar-refractivity contribution in [2.24, 2.45) is 0 Å². The average molecular weight is 209 g/mol. The van der Waals surface area contributed by atoms with Crippen LogP contribution in [0.3, 0.4) is 0 Å². The lowest BCUT2D eigenvalue weighted by atomic mass is 10.1. The molecule has 0 unspecified atom stereocenters. The summed E-state index contributed by atoms with van der Waals surface area (Å²) in [5.41, 5.74) is 3.08. The third kappa shape index (κ3) is 2.21. The first kappa shape index (κ1) is 10.3. The van der Waals surface area contributed by atoms with Crippen molar-refractivity contribution < 1.29 is 4.52 Å². The van der Waals surface area contributed by atoms with Gasteiger partial charge in [-0.05, 0) is 19.1 Å². The molecule has 78 valence electrons. The van der Waals surface area contributed by atoms with Crippen molar-refractivity contribution in [1.82, 2.24) is 5.16 Å². The smallest absolute Gasteiger partial charge is 0.160 e. The van der Waals surface area contributed by atoms with Crippen LogP contribution < -0.4 is 0 Å². The van der Waals surface area contributed by atoms with Gasteiger partial charge in [-0.15, -0.1) is 6.42 Å². The van der Waals surface area contributed by atoms with Crippen LogP contribution in [0.25, 0.3) is 17.3 Å². The van der Waals surface area contributed by atoms with E-state index in [-0.39, 0.29) is 0 Å². The van der Waals surface area contributed by atoms with Gasteiger partial charge in [-0.2, -0.15) is 0 Å². The number of terminal acetylenes is 1. The van der Waals surface area contributed by atoms with Crippen molar-refractivity contribution in [1.29, 1.82) is 0 Å². The minimum absolute atomic E-state index is 0.661. The summed E-state index contributed by atoms with van der Waals surface area (Å²) >= 11 is 0. The van der Waals surface area contributed by atoms with Crippen LogP contribution in [-0.2, 0) is 0 Å². The molecule has 2 aromatic rings. The molecule has 2 nitrogen and oxygen atoms in total. The molecule has 0 aliphatic rings. The van der Waals surface area contributed by atoms with E-state index in [1.807, 2.05) is 37.3 Å². The predicted octanol–water partition coefficient (Wildman–Crippen LogP) is 3.30. The molecule has 0 bridgehead atoms. The van der Waals surface area contributed by atoms with Gasteiger partial charge < -0.3 is 4.52 Å². The Bertz CT molecular complexity index is 541. The Morgan fingerprint density at radius 1 is 1.31 bits per heavy atom. The highest BCUT2D eigenvalue weighted by Gasteiger charge is 2.03. The van der Waals surface area contributed by atoms with Gasteiger partial charge in [0, 0.05) is 11.6 Å². The van der Waals surface area contributed by atoms with Crippen LogP contribution in [0.5, 0.6) is 0 Å². The van der Waals surface area contributed by atoms with Crippen LogP contribution in [0.15, 0.2) is 40.9 Å². The molecule has 0 radical (unpaired) electrons. The normalized spacial score (nSPS) is 10.5. The number of benzene rings is 1. The lowest BCUT2D eigenvalue weighted by Crippen LogP contribution is -1.76. The number of rotatable bonds is 2. The summed E-state index contributed by atoms with van der Waals surface area (Å²) in [6, 6.07) is 9.98. The number of hydrogen-bond donors (Lipinski definition) is 0. The Labute approximate surface area is 94.6 Å². The largest absolute Gasteiger partial charge is 0.356 e. The van der Waals surface area contributed by atoms with E-state index in [0.29, 0.717) is 5.76 Å². The average Bonchev–Trinajstić information content (AvgIpc) is 2.76. The zero-order valence-electron chi connectivity index (χ0n) is 8.97. The van der Waals surface area contributed by atoms with Crippen LogP contribution in [-0.4, -0.2) is 5.16 Å². The van der Waals surface area contributed by atoms with Crippen molar-refractivity contribution in [2.75, 3.05) is 0 Å². The monoisotopic (exact) mass is 209 g/mol.